The van der Waals surface area contributed by atoms with Crippen LogP contribution in [0.1, 0.15) is 25.7 Å². The van der Waals surface area contributed by atoms with Crippen molar-refractivity contribution < 1.29 is 9.90 Å². The molecule has 4 nitrogen and oxygen atoms in total. The molecule has 0 aromatic heterocycles. The van der Waals surface area contributed by atoms with Crippen molar-refractivity contribution in [2.24, 2.45) is 5.41 Å². The molecule has 0 aromatic rings. The van der Waals surface area contributed by atoms with Crippen molar-refractivity contribution in [3.8, 4) is 0 Å². The van der Waals surface area contributed by atoms with E-state index in [-0.39, 0.29) is 17.9 Å². The lowest BCUT2D eigenvalue weighted by molar-refractivity contribution is -0.119. The molecule has 82 valence electrons. The van der Waals surface area contributed by atoms with Gasteiger partial charge in [-0.05, 0) is 12.8 Å². The van der Waals surface area contributed by atoms with Gasteiger partial charge >= 0.3 is 0 Å². The standard InChI is InChI=1S/C10H20N2O2/c1-11-9(14)6-12-7-10(8-13)4-2-3-5-10/h12-13H,2-8H2,1H3,(H,11,14). The van der Waals surface area contributed by atoms with Crippen LogP contribution in [-0.4, -0.2) is 37.8 Å². The number of hydrogen-bond acceptors (Lipinski definition) is 3. The fourth-order valence-corrected chi connectivity index (χ4v) is 2.05. The molecular formula is C10H20N2O2. The fourth-order valence-electron chi connectivity index (χ4n) is 2.05. The molecule has 0 heterocycles. The van der Waals surface area contributed by atoms with Gasteiger partial charge < -0.3 is 15.7 Å². The summed E-state index contributed by atoms with van der Waals surface area (Å²) in [5.74, 6) is -0.00362. The number of carbonyl (C=O) groups excluding carboxylic acids is 1. The zero-order chi connectivity index (χ0) is 10.4. The van der Waals surface area contributed by atoms with Crippen molar-refractivity contribution in [3.05, 3.63) is 0 Å². The van der Waals surface area contributed by atoms with Crippen LogP contribution in [0.15, 0.2) is 0 Å². The molecule has 14 heavy (non-hydrogen) atoms. The van der Waals surface area contributed by atoms with E-state index in [1.54, 1.807) is 7.05 Å². The molecule has 1 amide bonds. The van der Waals surface area contributed by atoms with E-state index in [9.17, 15) is 9.90 Å². The first-order valence-corrected chi connectivity index (χ1v) is 5.25. The summed E-state index contributed by atoms with van der Waals surface area (Å²) in [5, 5.41) is 15.0. The predicted octanol–water partition coefficient (Wildman–Crippen LogP) is -0.125. The number of nitrogens with one attached hydrogen (secondary N) is 2. The summed E-state index contributed by atoms with van der Waals surface area (Å²) in [6.45, 7) is 1.32. The molecule has 0 spiro atoms. The Kier molecular flexibility index (Phi) is 4.35. The molecule has 1 saturated carbocycles. The monoisotopic (exact) mass is 200 g/mol. The van der Waals surface area contributed by atoms with Gasteiger partial charge in [0.15, 0.2) is 0 Å². The van der Waals surface area contributed by atoms with Gasteiger partial charge in [0.1, 0.15) is 0 Å². The van der Waals surface area contributed by atoms with Crippen molar-refractivity contribution in [3.63, 3.8) is 0 Å². The van der Waals surface area contributed by atoms with E-state index in [1.807, 2.05) is 0 Å². The number of carbonyl (C=O) groups is 1. The molecule has 0 aromatic carbocycles. The number of likely N-dealkylation sites (N-methyl/N-ethyl adjacent to an activating group) is 1. The lowest BCUT2D eigenvalue weighted by Gasteiger charge is -2.26. The van der Waals surface area contributed by atoms with E-state index in [1.165, 1.54) is 12.8 Å². The number of aliphatic hydroxyl groups excluding tert-OH is 1. The van der Waals surface area contributed by atoms with Crippen LogP contribution in [0.5, 0.6) is 0 Å². The second kappa shape index (κ2) is 5.32. The van der Waals surface area contributed by atoms with E-state index in [0.717, 1.165) is 19.4 Å². The van der Waals surface area contributed by atoms with Crippen molar-refractivity contribution in [2.75, 3.05) is 26.7 Å². The third-order valence-electron chi connectivity index (χ3n) is 3.06. The van der Waals surface area contributed by atoms with E-state index < -0.39 is 0 Å². The van der Waals surface area contributed by atoms with E-state index >= 15 is 0 Å². The molecule has 1 rings (SSSR count). The van der Waals surface area contributed by atoms with Gasteiger partial charge in [0, 0.05) is 25.6 Å². The summed E-state index contributed by atoms with van der Waals surface area (Å²) < 4.78 is 0. The zero-order valence-electron chi connectivity index (χ0n) is 8.81. The normalized spacial score (nSPS) is 19.6. The van der Waals surface area contributed by atoms with Crippen LogP contribution < -0.4 is 10.6 Å². The molecule has 0 atom stereocenters. The topological polar surface area (TPSA) is 61.4 Å². The molecule has 4 heteroatoms. The first kappa shape index (κ1) is 11.5. The van der Waals surface area contributed by atoms with Crippen LogP contribution in [0.2, 0.25) is 0 Å². The molecule has 0 unspecified atom stereocenters. The van der Waals surface area contributed by atoms with Crippen molar-refractivity contribution >= 4 is 5.91 Å². The molecule has 0 radical (unpaired) electrons. The Balaban J connectivity index is 2.24. The molecular weight excluding hydrogens is 180 g/mol. The predicted molar refractivity (Wildman–Crippen MR) is 54.9 cm³/mol. The first-order chi connectivity index (χ1) is 6.72. The van der Waals surface area contributed by atoms with Crippen LogP contribution in [0.3, 0.4) is 0 Å². The average molecular weight is 200 g/mol. The fraction of sp³-hybridized carbons (Fsp3) is 0.900. The van der Waals surface area contributed by atoms with E-state index in [0.29, 0.717) is 6.54 Å². The third-order valence-corrected chi connectivity index (χ3v) is 3.06. The number of amides is 1. The van der Waals surface area contributed by atoms with Crippen molar-refractivity contribution in [2.45, 2.75) is 25.7 Å². The SMILES string of the molecule is CNC(=O)CNCC1(CO)CCCC1. The van der Waals surface area contributed by atoms with E-state index in [4.69, 9.17) is 0 Å². The number of hydrogen-bond donors (Lipinski definition) is 3. The lowest BCUT2D eigenvalue weighted by Crippen LogP contribution is -2.39. The Morgan fingerprint density at radius 3 is 2.57 bits per heavy atom. The highest BCUT2D eigenvalue weighted by Crippen LogP contribution is 2.36. The maximum absolute atomic E-state index is 10.9. The molecule has 1 aliphatic carbocycles. The quantitative estimate of drug-likeness (QED) is 0.579. The van der Waals surface area contributed by atoms with Crippen molar-refractivity contribution in [1.82, 2.24) is 10.6 Å². The minimum atomic E-state index is -0.00362. The number of aliphatic hydroxyl groups is 1. The molecule has 0 aliphatic heterocycles. The van der Waals surface area contributed by atoms with Gasteiger partial charge in [-0.2, -0.15) is 0 Å². The summed E-state index contributed by atoms with van der Waals surface area (Å²) in [7, 11) is 1.63. The van der Waals surface area contributed by atoms with Gasteiger partial charge in [0.25, 0.3) is 0 Å². The molecule has 0 bridgehead atoms. The first-order valence-electron chi connectivity index (χ1n) is 5.25. The Labute approximate surface area is 85.1 Å². The molecule has 3 N–H and O–H groups in total. The van der Waals surface area contributed by atoms with Gasteiger partial charge in [0.05, 0.1) is 6.54 Å². The molecule has 1 aliphatic rings. The molecule has 0 saturated heterocycles. The zero-order valence-corrected chi connectivity index (χ0v) is 8.81. The second-order valence-corrected chi connectivity index (χ2v) is 4.14. The van der Waals surface area contributed by atoms with Crippen LogP contribution >= 0.6 is 0 Å². The summed E-state index contributed by atoms with van der Waals surface area (Å²) in [6, 6.07) is 0. The van der Waals surface area contributed by atoms with Gasteiger partial charge in [-0.3, -0.25) is 4.79 Å². The summed E-state index contributed by atoms with van der Waals surface area (Å²) in [4.78, 5) is 10.9. The minimum Gasteiger partial charge on any atom is -0.396 e. The Bertz CT molecular complexity index is 189. The van der Waals surface area contributed by atoms with Crippen LogP contribution in [-0.2, 0) is 4.79 Å². The Morgan fingerprint density at radius 1 is 1.43 bits per heavy atom. The highest BCUT2D eigenvalue weighted by Gasteiger charge is 2.32. The van der Waals surface area contributed by atoms with Crippen LogP contribution in [0, 0.1) is 5.41 Å². The van der Waals surface area contributed by atoms with Gasteiger partial charge in [0.2, 0.25) is 5.91 Å². The minimum absolute atomic E-state index is 0.00362. The largest absolute Gasteiger partial charge is 0.396 e. The highest BCUT2D eigenvalue weighted by atomic mass is 16.3. The number of rotatable bonds is 5. The third kappa shape index (κ3) is 2.96. The van der Waals surface area contributed by atoms with Crippen LogP contribution in [0.25, 0.3) is 0 Å². The van der Waals surface area contributed by atoms with Crippen molar-refractivity contribution in [1.29, 1.82) is 0 Å². The highest BCUT2D eigenvalue weighted by molar-refractivity contribution is 5.77. The average Bonchev–Trinajstić information content (AvgIpc) is 2.67. The summed E-state index contributed by atoms with van der Waals surface area (Å²) >= 11 is 0. The van der Waals surface area contributed by atoms with Gasteiger partial charge in [-0.15, -0.1) is 0 Å². The summed E-state index contributed by atoms with van der Waals surface area (Å²) in [5.41, 5.74) is 0.0357. The van der Waals surface area contributed by atoms with Gasteiger partial charge in [-0.1, -0.05) is 12.8 Å². The summed E-state index contributed by atoms with van der Waals surface area (Å²) in [6.07, 6.45) is 4.54. The maximum atomic E-state index is 10.9. The molecule has 1 fully saturated rings. The van der Waals surface area contributed by atoms with Crippen LogP contribution in [0.4, 0.5) is 0 Å². The van der Waals surface area contributed by atoms with E-state index in [2.05, 4.69) is 10.6 Å². The second-order valence-electron chi connectivity index (χ2n) is 4.14. The Morgan fingerprint density at radius 2 is 2.07 bits per heavy atom. The van der Waals surface area contributed by atoms with Gasteiger partial charge in [-0.25, -0.2) is 0 Å². The lowest BCUT2D eigenvalue weighted by atomic mass is 9.87. The maximum Gasteiger partial charge on any atom is 0.233 e. The smallest absolute Gasteiger partial charge is 0.233 e. The Hall–Kier alpha value is -0.610.